The molecular formula is C15H23NO3. The highest BCUT2D eigenvalue weighted by Gasteiger charge is 2.17. The van der Waals surface area contributed by atoms with E-state index >= 15 is 0 Å². The summed E-state index contributed by atoms with van der Waals surface area (Å²) >= 11 is 0. The lowest BCUT2D eigenvalue weighted by Gasteiger charge is -2.19. The molecule has 106 valence electrons. The minimum absolute atomic E-state index is 0.136. The summed E-state index contributed by atoms with van der Waals surface area (Å²) in [6.07, 6.45) is 0.360. The third-order valence-electron chi connectivity index (χ3n) is 2.89. The molecule has 0 aliphatic carbocycles. The summed E-state index contributed by atoms with van der Waals surface area (Å²) in [6.45, 7) is 6.25. The lowest BCUT2D eigenvalue weighted by atomic mass is 10.1. The molecule has 2 N–H and O–H groups in total. The fraction of sp³-hybridized carbons (Fsp3) is 0.533. The predicted octanol–water partition coefficient (Wildman–Crippen LogP) is 2.42. The van der Waals surface area contributed by atoms with Crippen molar-refractivity contribution in [2.24, 2.45) is 0 Å². The number of carbonyl (C=O) groups excluding carboxylic acids is 1. The molecule has 0 bridgehead atoms. The number of carbonyl (C=O) groups is 1. The van der Waals surface area contributed by atoms with Crippen LogP contribution in [0, 0.1) is 0 Å². The van der Waals surface area contributed by atoms with Gasteiger partial charge in [-0.25, -0.2) is 0 Å². The Balaban J connectivity index is 2.73. The summed E-state index contributed by atoms with van der Waals surface area (Å²) < 4.78 is 5.66. The number of benzene rings is 1. The van der Waals surface area contributed by atoms with Crippen LogP contribution < -0.4 is 10.1 Å². The molecule has 1 aromatic carbocycles. The van der Waals surface area contributed by atoms with E-state index in [2.05, 4.69) is 5.32 Å². The van der Waals surface area contributed by atoms with Crippen LogP contribution in [0.2, 0.25) is 0 Å². The van der Waals surface area contributed by atoms with Gasteiger partial charge in [-0.15, -0.1) is 0 Å². The number of aliphatic hydroxyl groups is 1. The zero-order chi connectivity index (χ0) is 14.3. The first kappa shape index (κ1) is 15.5. The molecule has 1 unspecified atom stereocenters. The van der Waals surface area contributed by atoms with Crippen LogP contribution in [0.1, 0.15) is 45.3 Å². The highest BCUT2D eigenvalue weighted by Crippen LogP contribution is 2.27. The molecule has 0 saturated carbocycles. The molecule has 0 aliphatic rings. The predicted molar refractivity (Wildman–Crippen MR) is 75.1 cm³/mol. The van der Waals surface area contributed by atoms with Crippen molar-refractivity contribution in [3.05, 3.63) is 29.8 Å². The quantitative estimate of drug-likeness (QED) is 0.796. The molecule has 0 aliphatic heterocycles. The van der Waals surface area contributed by atoms with Crippen LogP contribution in [0.25, 0.3) is 0 Å². The number of aliphatic hydroxyl groups excluding tert-OH is 1. The molecule has 19 heavy (non-hydrogen) atoms. The van der Waals surface area contributed by atoms with Gasteiger partial charge in [0.15, 0.2) is 6.10 Å². The number of hydrogen-bond acceptors (Lipinski definition) is 3. The second kappa shape index (κ2) is 7.79. The Morgan fingerprint density at radius 2 is 2.05 bits per heavy atom. The van der Waals surface area contributed by atoms with Crippen molar-refractivity contribution < 1.29 is 14.6 Å². The van der Waals surface area contributed by atoms with E-state index in [9.17, 15) is 9.90 Å². The van der Waals surface area contributed by atoms with Gasteiger partial charge in [0.05, 0.1) is 6.10 Å². The van der Waals surface area contributed by atoms with Crippen molar-refractivity contribution in [3.63, 3.8) is 0 Å². The van der Waals surface area contributed by atoms with E-state index in [1.165, 1.54) is 0 Å². The number of nitrogens with one attached hydrogen (secondary N) is 1. The van der Waals surface area contributed by atoms with Gasteiger partial charge in [-0.05, 0) is 25.8 Å². The van der Waals surface area contributed by atoms with Gasteiger partial charge in [0.2, 0.25) is 0 Å². The van der Waals surface area contributed by atoms with Crippen molar-refractivity contribution in [1.82, 2.24) is 5.32 Å². The van der Waals surface area contributed by atoms with E-state index in [4.69, 9.17) is 4.74 Å². The third kappa shape index (κ3) is 4.56. The standard InChI is InChI=1S/C15H23NO3/c1-4-10-16-15(18)11(3)19-14-9-7-6-8-12(14)13(17)5-2/h6-9,11,13,17H,4-5,10H2,1-3H3,(H,16,18)/t11?,13-/m1/s1. The summed E-state index contributed by atoms with van der Waals surface area (Å²) in [6, 6.07) is 7.28. The smallest absolute Gasteiger partial charge is 0.260 e. The molecular weight excluding hydrogens is 242 g/mol. The van der Waals surface area contributed by atoms with Gasteiger partial charge < -0.3 is 15.2 Å². The maximum atomic E-state index is 11.8. The van der Waals surface area contributed by atoms with Crippen LogP contribution in [0.3, 0.4) is 0 Å². The van der Waals surface area contributed by atoms with Crippen molar-refractivity contribution >= 4 is 5.91 Å². The van der Waals surface area contributed by atoms with Crippen LogP contribution >= 0.6 is 0 Å². The molecule has 0 aromatic heterocycles. The van der Waals surface area contributed by atoms with Gasteiger partial charge in [-0.1, -0.05) is 32.0 Å². The molecule has 0 spiro atoms. The summed E-state index contributed by atoms with van der Waals surface area (Å²) in [5.74, 6) is 0.429. The van der Waals surface area contributed by atoms with Crippen molar-refractivity contribution in [3.8, 4) is 5.75 Å². The molecule has 0 fully saturated rings. The van der Waals surface area contributed by atoms with E-state index in [1.807, 2.05) is 32.0 Å². The lowest BCUT2D eigenvalue weighted by Crippen LogP contribution is -2.36. The summed E-state index contributed by atoms with van der Waals surface area (Å²) in [5.41, 5.74) is 0.722. The third-order valence-corrected chi connectivity index (χ3v) is 2.89. The number of ether oxygens (including phenoxy) is 1. The first-order chi connectivity index (χ1) is 9.10. The van der Waals surface area contributed by atoms with Crippen LogP contribution in [0.5, 0.6) is 5.75 Å². The largest absolute Gasteiger partial charge is 0.481 e. The van der Waals surface area contributed by atoms with Crippen molar-refractivity contribution in [2.45, 2.75) is 45.8 Å². The Hall–Kier alpha value is -1.55. The van der Waals surface area contributed by atoms with Gasteiger partial charge in [0, 0.05) is 12.1 Å². The summed E-state index contributed by atoms with van der Waals surface area (Å²) in [7, 11) is 0. The zero-order valence-corrected chi connectivity index (χ0v) is 11.8. The fourth-order valence-electron chi connectivity index (χ4n) is 1.72. The molecule has 0 saturated heterocycles. The number of rotatable bonds is 7. The zero-order valence-electron chi connectivity index (χ0n) is 11.8. The number of hydrogen-bond donors (Lipinski definition) is 2. The van der Waals surface area contributed by atoms with Gasteiger partial charge in [0.25, 0.3) is 5.91 Å². The molecule has 2 atom stereocenters. The van der Waals surface area contributed by atoms with E-state index in [1.54, 1.807) is 13.0 Å². The van der Waals surface area contributed by atoms with Crippen LogP contribution in [-0.4, -0.2) is 23.7 Å². The first-order valence-corrected chi connectivity index (χ1v) is 6.81. The van der Waals surface area contributed by atoms with E-state index in [0.29, 0.717) is 18.7 Å². The van der Waals surface area contributed by atoms with Gasteiger partial charge in [0.1, 0.15) is 5.75 Å². The Morgan fingerprint density at radius 3 is 2.68 bits per heavy atom. The highest BCUT2D eigenvalue weighted by molar-refractivity contribution is 5.80. The van der Waals surface area contributed by atoms with Crippen LogP contribution in [0.15, 0.2) is 24.3 Å². The van der Waals surface area contributed by atoms with E-state index < -0.39 is 12.2 Å². The Bertz CT molecular complexity index is 406. The van der Waals surface area contributed by atoms with E-state index in [-0.39, 0.29) is 5.91 Å². The monoisotopic (exact) mass is 265 g/mol. The molecule has 1 aromatic rings. The molecule has 0 heterocycles. The maximum Gasteiger partial charge on any atom is 0.260 e. The normalized spacial score (nSPS) is 13.7. The van der Waals surface area contributed by atoms with Crippen molar-refractivity contribution in [1.29, 1.82) is 0 Å². The van der Waals surface area contributed by atoms with Gasteiger partial charge in [-0.2, -0.15) is 0 Å². The van der Waals surface area contributed by atoms with Gasteiger partial charge in [-0.3, -0.25) is 4.79 Å². The minimum Gasteiger partial charge on any atom is -0.481 e. The van der Waals surface area contributed by atoms with Crippen LogP contribution in [-0.2, 0) is 4.79 Å². The fourth-order valence-corrected chi connectivity index (χ4v) is 1.72. The molecule has 4 heteroatoms. The summed E-state index contributed by atoms with van der Waals surface area (Å²) in [5, 5.41) is 12.7. The second-order valence-corrected chi connectivity index (χ2v) is 4.51. The maximum absolute atomic E-state index is 11.8. The molecule has 4 nitrogen and oxygen atoms in total. The average molecular weight is 265 g/mol. The lowest BCUT2D eigenvalue weighted by molar-refractivity contribution is -0.127. The second-order valence-electron chi connectivity index (χ2n) is 4.51. The minimum atomic E-state index is -0.572. The van der Waals surface area contributed by atoms with Gasteiger partial charge >= 0.3 is 0 Å². The molecule has 1 amide bonds. The number of para-hydroxylation sites is 1. The Morgan fingerprint density at radius 1 is 1.37 bits per heavy atom. The average Bonchev–Trinajstić information content (AvgIpc) is 2.44. The SMILES string of the molecule is CCCNC(=O)C(C)Oc1ccccc1[C@H](O)CC. The highest BCUT2D eigenvalue weighted by atomic mass is 16.5. The topological polar surface area (TPSA) is 58.6 Å². The first-order valence-electron chi connectivity index (χ1n) is 6.81. The summed E-state index contributed by atoms with van der Waals surface area (Å²) in [4.78, 5) is 11.8. The number of amides is 1. The van der Waals surface area contributed by atoms with Crippen molar-refractivity contribution in [2.75, 3.05) is 6.54 Å². The molecule has 1 rings (SSSR count). The van der Waals surface area contributed by atoms with E-state index in [0.717, 1.165) is 12.0 Å². The Labute approximate surface area is 114 Å². The van der Waals surface area contributed by atoms with Crippen LogP contribution in [0.4, 0.5) is 0 Å². The Kier molecular flexibility index (Phi) is 6.36. The molecule has 0 radical (unpaired) electrons.